The molecule has 0 fully saturated rings. The number of rotatable bonds is 4. The molecule has 1 heterocycles. The second-order valence-corrected chi connectivity index (χ2v) is 3.09. The molecule has 0 bridgehead atoms. The van der Waals surface area contributed by atoms with Crippen molar-refractivity contribution in [2.45, 2.75) is 0 Å². The fourth-order valence-electron chi connectivity index (χ4n) is 0.868. The Hall–Kier alpha value is -1.22. The fourth-order valence-corrected chi connectivity index (χ4v) is 0.868. The minimum Gasteiger partial charge on any atom is -0.308 e. The zero-order chi connectivity index (χ0) is 9.52. The zero-order valence-electron chi connectivity index (χ0n) is 8.14. The Kier molecular flexibility index (Phi) is 4.12. The summed E-state index contributed by atoms with van der Waals surface area (Å²) in [5, 5.41) is 0. The smallest absolute Gasteiger partial charge is 0.0807 e. The molecule has 0 saturated heterocycles. The summed E-state index contributed by atoms with van der Waals surface area (Å²) in [4.78, 5) is 10.5. The molecule has 0 aliphatic heterocycles. The van der Waals surface area contributed by atoms with Gasteiger partial charge in [-0.05, 0) is 26.2 Å². The van der Waals surface area contributed by atoms with E-state index in [9.17, 15) is 0 Å². The SMILES string of the molecule is CN(C)CC/N=C/c1ccccn1. The molecule has 1 aromatic rings. The van der Waals surface area contributed by atoms with Crippen LogP contribution >= 0.6 is 0 Å². The van der Waals surface area contributed by atoms with Crippen LogP contribution in [-0.2, 0) is 0 Å². The molecule has 1 rings (SSSR count). The van der Waals surface area contributed by atoms with Gasteiger partial charge >= 0.3 is 0 Å². The predicted octanol–water partition coefficient (Wildman–Crippen LogP) is 1.06. The van der Waals surface area contributed by atoms with Gasteiger partial charge < -0.3 is 4.90 Å². The molecule has 0 aromatic carbocycles. The van der Waals surface area contributed by atoms with E-state index < -0.39 is 0 Å². The molecule has 0 radical (unpaired) electrons. The van der Waals surface area contributed by atoms with Crippen LogP contribution in [0.15, 0.2) is 29.4 Å². The van der Waals surface area contributed by atoms with Crippen LogP contribution in [0.5, 0.6) is 0 Å². The molecule has 1 aromatic heterocycles. The molecule has 0 unspecified atom stereocenters. The van der Waals surface area contributed by atoms with Gasteiger partial charge in [-0.1, -0.05) is 6.07 Å². The Bertz CT molecular complexity index is 254. The highest BCUT2D eigenvalue weighted by Crippen LogP contribution is 1.88. The second kappa shape index (κ2) is 5.43. The van der Waals surface area contributed by atoms with E-state index in [4.69, 9.17) is 0 Å². The van der Waals surface area contributed by atoms with Crippen molar-refractivity contribution in [1.82, 2.24) is 9.88 Å². The molecule has 0 N–H and O–H groups in total. The van der Waals surface area contributed by atoms with Crippen molar-refractivity contribution in [3.8, 4) is 0 Å². The van der Waals surface area contributed by atoms with Gasteiger partial charge in [0.1, 0.15) is 0 Å². The molecule has 70 valence electrons. The first kappa shape index (κ1) is 9.86. The lowest BCUT2D eigenvalue weighted by Crippen LogP contribution is -2.15. The average Bonchev–Trinajstić information content (AvgIpc) is 2.14. The third-order valence-electron chi connectivity index (χ3n) is 1.59. The van der Waals surface area contributed by atoms with Gasteiger partial charge in [0, 0.05) is 19.0 Å². The first-order valence-corrected chi connectivity index (χ1v) is 4.34. The van der Waals surface area contributed by atoms with Crippen molar-refractivity contribution in [3.05, 3.63) is 30.1 Å². The molecular weight excluding hydrogens is 162 g/mol. The van der Waals surface area contributed by atoms with Gasteiger partial charge in [-0.3, -0.25) is 9.98 Å². The van der Waals surface area contributed by atoms with Crippen LogP contribution in [0.3, 0.4) is 0 Å². The highest BCUT2D eigenvalue weighted by molar-refractivity contribution is 5.76. The average molecular weight is 177 g/mol. The Morgan fingerprint density at radius 2 is 2.31 bits per heavy atom. The van der Waals surface area contributed by atoms with Crippen molar-refractivity contribution in [1.29, 1.82) is 0 Å². The van der Waals surface area contributed by atoms with Gasteiger partial charge in [0.25, 0.3) is 0 Å². The normalized spacial score (nSPS) is 11.3. The van der Waals surface area contributed by atoms with Crippen LogP contribution < -0.4 is 0 Å². The summed E-state index contributed by atoms with van der Waals surface area (Å²) < 4.78 is 0. The molecule has 0 amide bonds. The number of pyridine rings is 1. The van der Waals surface area contributed by atoms with Gasteiger partial charge in [0.05, 0.1) is 12.2 Å². The van der Waals surface area contributed by atoms with Crippen LogP contribution in [0.1, 0.15) is 5.69 Å². The number of hydrogen-bond acceptors (Lipinski definition) is 3. The summed E-state index contributed by atoms with van der Waals surface area (Å²) in [6.45, 7) is 1.80. The maximum absolute atomic E-state index is 4.25. The third-order valence-corrected chi connectivity index (χ3v) is 1.59. The van der Waals surface area contributed by atoms with Crippen molar-refractivity contribution < 1.29 is 0 Å². The largest absolute Gasteiger partial charge is 0.308 e. The summed E-state index contributed by atoms with van der Waals surface area (Å²) in [6.07, 6.45) is 3.58. The van der Waals surface area contributed by atoms with Crippen LogP contribution in [0, 0.1) is 0 Å². The van der Waals surface area contributed by atoms with Crippen LogP contribution in [0.4, 0.5) is 0 Å². The molecule has 3 heteroatoms. The van der Waals surface area contributed by atoms with Crippen molar-refractivity contribution in [2.24, 2.45) is 4.99 Å². The van der Waals surface area contributed by atoms with E-state index in [2.05, 4.69) is 14.9 Å². The minimum atomic E-state index is 0.823. The Morgan fingerprint density at radius 3 is 2.92 bits per heavy atom. The second-order valence-electron chi connectivity index (χ2n) is 3.09. The Labute approximate surface area is 79.1 Å². The molecule has 13 heavy (non-hydrogen) atoms. The van der Waals surface area contributed by atoms with E-state index in [1.54, 1.807) is 6.20 Å². The molecular formula is C10H15N3. The zero-order valence-corrected chi connectivity index (χ0v) is 8.14. The topological polar surface area (TPSA) is 28.5 Å². The maximum atomic E-state index is 4.25. The number of aromatic nitrogens is 1. The lowest BCUT2D eigenvalue weighted by molar-refractivity contribution is 0.421. The van der Waals surface area contributed by atoms with Crippen molar-refractivity contribution >= 4 is 6.21 Å². The van der Waals surface area contributed by atoms with Gasteiger partial charge in [0.2, 0.25) is 0 Å². The predicted molar refractivity (Wildman–Crippen MR) is 55.3 cm³/mol. The number of nitrogens with zero attached hydrogens (tertiary/aromatic N) is 3. The molecule has 0 aliphatic rings. The van der Waals surface area contributed by atoms with Crippen LogP contribution in [-0.4, -0.2) is 43.3 Å². The molecule has 0 atom stereocenters. The number of aliphatic imine (C=N–C) groups is 1. The maximum Gasteiger partial charge on any atom is 0.0807 e. The van der Waals surface area contributed by atoms with E-state index in [-0.39, 0.29) is 0 Å². The summed E-state index contributed by atoms with van der Waals surface area (Å²) in [5.74, 6) is 0. The summed E-state index contributed by atoms with van der Waals surface area (Å²) in [6, 6.07) is 5.80. The standard InChI is InChI=1S/C10H15N3/c1-13(2)8-7-11-9-10-5-3-4-6-12-10/h3-6,9H,7-8H2,1-2H3/b11-9+. The van der Waals surface area contributed by atoms with E-state index in [1.165, 1.54) is 0 Å². The van der Waals surface area contributed by atoms with Gasteiger partial charge in [0.15, 0.2) is 0 Å². The van der Waals surface area contributed by atoms with Gasteiger partial charge in [-0.15, -0.1) is 0 Å². The van der Waals surface area contributed by atoms with E-state index >= 15 is 0 Å². The number of hydrogen-bond donors (Lipinski definition) is 0. The summed E-state index contributed by atoms with van der Waals surface area (Å²) in [7, 11) is 4.08. The third kappa shape index (κ3) is 4.38. The number of likely N-dealkylation sites (N-methyl/N-ethyl adjacent to an activating group) is 1. The monoisotopic (exact) mass is 177 g/mol. The van der Waals surface area contributed by atoms with Gasteiger partial charge in [-0.2, -0.15) is 0 Å². The first-order valence-electron chi connectivity index (χ1n) is 4.34. The Balaban J connectivity index is 2.33. The summed E-state index contributed by atoms with van der Waals surface area (Å²) in [5.41, 5.74) is 0.918. The van der Waals surface area contributed by atoms with Crippen LogP contribution in [0.25, 0.3) is 0 Å². The summed E-state index contributed by atoms with van der Waals surface area (Å²) >= 11 is 0. The van der Waals surface area contributed by atoms with Crippen LogP contribution in [0.2, 0.25) is 0 Å². The van der Waals surface area contributed by atoms with E-state index in [0.717, 1.165) is 18.8 Å². The molecule has 0 aliphatic carbocycles. The van der Waals surface area contributed by atoms with Crippen molar-refractivity contribution in [3.63, 3.8) is 0 Å². The molecule has 0 spiro atoms. The minimum absolute atomic E-state index is 0.823. The van der Waals surface area contributed by atoms with E-state index in [1.807, 2.05) is 38.5 Å². The Morgan fingerprint density at radius 1 is 1.46 bits per heavy atom. The first-order chi connectivity index (χ1) is 6.29. The lowest BCUT2D eigenvalue weighted by Gasteiger charge is -2.04. The molecule has 0 saturated carbocycles. The van der Waals surface area contributed by atoms with E-state index in [0.29, 0.717) is 0 Å². The fraction of sp³-hybridized carbons (Fsp3) is 0.400. The van der Waals surface area contributed by atoms with Crippen molar-refractivity contribution in [2.75, 3.05) is 27.2 Å². The highest BCUT2D eigenvalue weighted by Gasteiger charge is 1.87. The molecule has 3 nitrogen and oxygen atoms in total. The highest BCUT2D eigenvalue weighted by atomic mass is 15.1. The van der Waals surface area contributed by atoms with Gasteiger partial charge in [-0.25, -0.2) is 0 Å². The lowest BCUT2D eigenvalue weighted by atomic mass is 10.4. The quantitative estimate of drug-likeness (QED) is 0.643.